The second-order valence-electron chi connectivity index (χ2n) is 7.87. The van der Waals surface area contributed by atoms with Gasteiger partial charge in [0.1, 0.15) is 4.90 Å². The summed E-state index contributed by atoms with van der Waals surface area (Å²) in [5.74, 6) is -0.353. The summed E-state index contributed by atoms with van der Waals surface area (Å²) in [5.41, 5.74) is 1.73. The number of amides is 1. The highest BCUT2D eigenvalue weighted by Gasteiger charge is 2.25. The molecule has 0 atom stereocenters. The number of benzene rings is 2. The zero-order valence-corrected chi connectivity index (χ0v) is 18.1. The van der Waals surface area contributed by atoms with Crippen LogP contribution in [0.15, 0.2) is 53.6 Å². The Kier molecular flexibility index (Phi) is 6.03. The summed E-state index contributed by atoms with van der Waals surface area (Å²) >= 11 is 6.09. The van der Waals surface area contributed by atoms with Crippen molar-refractivity contribution >= 4 is 38.4 Å². The first-order chi connectivity index (χ1) is 13.6. The van der Waals surface area contributed by atoms with Gasteiger partial charge >= 0.3 is 0 Å². The van der Waals surface area contributed by atoms with Gasteiger partial charge in [-0.1, -0.05) is 29.8 Å². The molecule has 0 spiro atoms. The van der Waals surface area contributed by atoms with Crippen LogP contribution in [0.2, 0.25) is 5.02 Å². The fourth-order valence-electron chi connectivity index (χ4n) is 3.06. The molecule has 0 radical (unpaired) electrons. The van der Waals surface area contributed by atoms with Gasteiger partial charge in [0.15, 0.2) is 0 Å². The first-order valence-corrected chi connectivity index (χ1v) is 11.1. The van der Waals surface area contributed by atoms with Gasteiger partial charge in [-0.05, 0) is 57.0 Å². The monoisotopic (exact) mass is 433 g/mol. The molecule has 3 aromatic rings. The lowest BCUT2D eigenvalue weighted by Gasteiger charge is -2.21. The molecule has 2 aromatic carbocycles. The van der Waals surface area contributed by atoms with E-state index in [0.717, 1.165) is 16.5 Å². The van der Waals surface area contributed by atoms with Crippen LogP contribution in [0.25, 0.3) is 10.9 Å². The summed E-state index contributed by atoms with van der Waals surface area (Å²) < 4.78 is 27.8. The molecule has 29 heavy (non-hydrogen) atoms. The summed E-state index contributed by atoms with van der Waals surface area (Å²) in [6.07, 6.45) is 2.59. The number of fused-ring (bicyclic) bond motifs is 1. The topological polar surface area (TPSA) is 91.1 Å². The van der Waals surface area contributed by atoms with E-state index in [-0.39, 0.29) is 21.4 Å². The van der Waals surface area contributed by atoms with Crippen LogP contribution in [0.4, 0.5) is 0 Å². The van der Waals surface area contributed by atoms with E-state index in [1.54, 1.807) is 20.8 Å². The maximum atomic E-state index is 12.6. The zero-order chi connectivity index (χ0) is 21.2. The van der Waals surface area contributed by atoms with E-state index in [4.69, 9.17) is 11.6 Å². The average molecular weight is 434 g/mol. The number of para-hydroxylation sites is 1. The normalized spacial score (nSPS) is 12.3. The van der Waals surface area contributed by atoms with Crippen LogP contribution in [-0.2, 0) is 16.4 Å². The molecule has 0 saturated carbocycles. The van der Waals surface area contributed by atoms with Gasteiger partial charge in [0, 0.05) is 34.7 Å². The minimum Gasteiger partial charge on any atom is -0.361 e. The van der Waals surface area contributed by atoms with Gasteiger partial charge in [0.05, 0.1) is 5.02 Å². The zero-order valence-electron chi connectivity index (χ0n) is 16.5. The second-order valence-corrected chi connectivity index (χ2v) is 9.92. The lowest BCUT2D eigenvalue weighted by Crippen LogP contribution is -2.40. The van der Waals surface area contributed by atoms with Gasteiger partial charge in [-0.25, -0.2) is 13.1 Å². The molecule has 154 valence electrons. The first kappa shape index (κ1) is 21.4. The summed E-state index contributed by atoms with van der Waals surface area (Å²) in [7, 11) is -3.85. The molecule has 1 heterocycles. The van der Waals surface area contributed by atoms with E-state index in [1.807, 2.05) is 30.5 Å². The number of nitrogens with one attached hydrogen (secondary N) is 3. The summed E-state index contributed by atoms with van der Waals surface area (Å²) in [5, 5.41) is 4.02. The molecule has 0 fully saturated rings. The summed E-state index contributed by atoms with van der Waals surface area (Å²) in [4.78, 5) is 15.6. The molecule has 0 aliphatic heterocycles. The molecular weight excluding hydrogens is 410 g/mol. The molecule has 3 N–H and O–H groups in total. The van der Waals surface area contributed by atoms with Crippen molar-refractivity contribution in [1.82, 2.24) is 15.0 Å². The predicted octanol–water partition coefficient (Wildman–Crippen LogP) is 3.87. The minimum atomic E-state index is -3.85. The van der Waals surface area contributed by atoms with Gasteiger partial charge in [-0.3, -0.25) is 4.79 Å². The van der Waals surface area contributed by atoms with E-state index in [2.05, 4.69) is 15.0 Å². The van der Waals surface area contributed by atoms with E-state index >= 15 is 0 Å². The SMILES string of the molecule is CC(C)(C)NS(=O)(=O)c1cc(C(=O)NCCc2c[nH]c3ccccc23)ccc1Cl. The number of sulfonamides is 1. The Balaban J connectivity index is 1.71. The Morgan fingerprint density at radius 1 is 1.14 bits per heavy atom. The van der Waals surface area contributed by atoms with Crippen molar-refractivity contribution in [1.29, 1.82) is 0 Å². The average Bonchev–Trinajstić information content (AvgIpc) is 3.03. The van der Waals surface area contributed by atoms with Crippen molar-refractivity contribution in [3.8, 4) is 0 Å². The number of hydrogen-bond acceptors (Lipinski definition) is 3. The number of aromatic nitrogens is 1. The van der Waals surface area contributed by atoms with Crippen molar-refractivity contribution in [2.24, 2.45) is 0 Å². The van der Waals surface area contributed by atoms with Gasteiger partial charge < -0.3 is 10.3 Å². The van der Waals surface area contributed by atoms with Crippen LogP contribution in [-0.4, -0.2) is 31.4 Å². The third-order valence-corrected chi connectivity index (χ3v) is 6.52. The van der Waals surface area contributed by atoms with E-state index in [0.29, 0.717) is 13.0 Å². The lowest BCUT2D eigenvalue weighted by molar-refractivity contribution is 0.0954. The maximum Gasteiger partial charge on any atom is 0.251 e. The molecule has 3 rings (SSSR count). The summed E-state index contributed by atoms with van der Waals surface area (Å²) in [6.45, 7) is 5.63. The quantitative estimate of drug-likeness (QED) is 0.551. The number of hydrogen-bond donors (Lipinski definition) is 3. The molecule has 0 unspecified atom stereocenters. The molecule has 1 aromatic heterocycles. The van der Waals surface area contributed by atoms with E-state index in [9.17, 15) is 13.2 Å². The molecule has 8 heteroatoms. The van der Waals surface area contributed by atoms with E-state index in [1.165, 1.54) is 18.2 Å². The molecule has 0 aliphatic rings. The van der Waals surface area contributed by atoms with Crippen LogP contribution in [0, 0.1) is 0 Å². The first-order valence-electron chi connectivity index (χ1n) is 9.23. The van der Waals surface area contributed by atoms with Crippen LogP contribution < -0.4 is 10.0 Å². The maximum absolute atomic E-state index is 12.6. The highest BCUT2D eigenvalue weighted by atomic mass is 35.5. The predicted molar refractivity (Wildman–Crippen MR) is 116 cm³/mol. The Morgan fingerprint density at radius 3 is 2.59 bits per heavy atom. The lowest BCUT2D eigenvalue weighted by atomic mass is 10.1. The largest absolute Gasteiger partial charge is 0.361 e. The van der Waals surface area contributed by atoms with Crippen LogP contribution in [0.3, 0.4) is 0 Å². The van der Waals surface area contributed by atoms with Crippen LogP contribution in [0.5, 0.6) is 0 Å². The highest BCUT2D eigenvalue weighted by Crippen LogP contribution is 2.24. The number of H-pyrrole nitrogens is 1. The van der Waals surface area contributed by atoms with Crippen molar-refractivity contribution in [3.05, 3.63) is 64.8 Å². The van der Waals surface area contributed by atoms with Crippen molar-refractivity contribution in [2.75, 3.05) is 6.54 Å². The molecule has 0 saturated heterocycles. The molecule has 0 bridgehead atoms. The smallest absolute Gasteiger partial charge is 0.251 e. The standard InChI is InChI=1S/C21H24ClN3O3S/c1-21(2,3)25-29(27,28)19-12-14(8-9-17(19)22)20(26)23-11-10-15-13-24-18-7-5-4-6-16(15)18/h4-9,12-13,24-25H,10-11H2,1-3H3,(H,23,26). The number of rotatable bonds is 6. The molecule has 6 nitrogen and oxygen atoms in total. The third kappa shape index (κ3) is 5.18. The Morgan fingerprint density at radius 2 is 1.86 bits per heavy atom. The second kappa shape index (κ2) is 8.18. The van der Waals surface area contributed by atoms with Crippen LogP contribution in [0.1, 0.15) is 36.7 Å². The minimum absolute atomic E-state index is 0.0668. The molecular formula is C21H24ClN3O3S. The Hall–Kier alpha value is -2.35. The third-order valence-electron chi connectivity index (χ3n) is 4.28. The van der Waals surface area contributed by atoms with Crippen molar-refractivity contribution < 1.29 is 13.2 Å². The van der Waals surface area contributed by atoms with Crippen molar-refractivity contribution in [2.45, 2.75) is 37.6 Å². The van der Waals surface area contributed by atoms with Gasteiger partial charge in [-0.15, -0.1) is 0 Å². The number of carbonyl (C=O) groups excluding carboxylic acids is 1. The molecule has 0 aliphatic carbocycles. The fraction of sp³-hybridized carbons (Fsp3) is 0.286. The van der Waals surface area contributed by atoms with Crippen molar-refractivity contribution in [3.63, 3.8) is 0 Å². The number of aromatic amines is 1. The summed E-state index contributed by atoms with van der Waals surface area (Å²) in [6, 6.07) is 12.2. The Bertz CT molecular complexity index is 1150. The van der Waals surface area contributed by atoms with Gasteiger partial charge in [-0.2, -0.15) is 0 Å². The number of carbonyl (C=O) groups is 1. The van der Waals surface area contributed by atoms with Crippen LogP contribution >= 0.6 is 11.6 Å². The van der Waals surface area contributed by atoms with Gasteiger partial charge in [0.2, 0.25) is 10.0 Å². The van der Waals surface area contributed by atoms with Gasteiger partial charge in [0.25, 0.3) is 5.91 Å². The fourth-order valence-corrected chi connectivity index (χ4v) is 5.01. The Labute approximate surface area is 175 Å². The molecule has 1 amide bonds. The highest BCUT2D eigenvalue weighted by molar-refractivity contribution is 7.89. The number of halogens is 1. The van der Waals surface area contributed by atoms with E-state index < -0.39 is 15.6 Å².